The molecule has 1 aromatic carbocycles. The fourth-order valence-electron chi connectivity index (χ4n) is 1.84. The number of hydrogen-bond donors (Lipinski definition) is 2. The van der Waals surface area contributed by atoms with Gasteiger partial charge in [0.25, 0.3) is 5.91 Å². The first kappa shape index (κ1) is 16.7. The van der Waals surface area contributed by atoms with Gasteiger partial charge in [-0.15, -0.1) is 12.4 Å². The molecule has 0 unspecified atom stereocenters. The molecule has 0 aliphatic rings. The lowest BCUT2D eigenvalue weighted by Crippen LogP contribution is -2.17. The number of carbonyl (C=O) groups excluding carboxylic acids is 1. The van der Waals surface area contributed by atoms with Crippen LogP contribution in [0.25, 0.3) is 0 Å². The molecule has 108 valence electrons. The minimum atomic E-state index is -0.0392. The number of anilines is 1. The molecule has 0 saturated heterocycles. The van der Waals surface area contributed by atoms with Crippen LogP contribution in [-0.2, 0) is 6.54 Å². The molecular weight excluding hydrogens is 292 g/mol. The Bertz CT molecular complexity index is 569. The number of para-hydroxylation sites is 1. The topological polar surface area (TPSA) is 41.1 Å². The van der Waals surface area contributed by atoms with Crippen LogP contribution in [0.2, 0.25) is 0 Å². The first-order valence-corrected chi connectivity index (χ1v) is 7.29. The van der Waals surface area contributed by atoms with Gasteiger partial charge in [0, 0.05) is 17.6 Å². The van der Waals surface area contributed by atoms with Gasteiger partial charge in [0.15, 0.2) is 0 Å². The number of halogens is 1. The van der Waals surface area contributed by atoms with Crippen LogP contribution in [-0.4, -0.2) is 12.5 Å². The monoisotopic (exact) mass is 310 g/mol. The van der Waals surface area contributed by atoms with Gasteiger partial charge in [-0.25, -0.2) is 0 Å². The average molecular weight is 311 g/mol. The smallest absolute Gasteiger partial charge is 0.256 e. The molecule has 0 atom stereocenters. The average Bonchev–Trinajstić information content (AvgIpc) is 2.84. The lowest BCUT2D eigenvalue weighted by Gasteiger charge is -2.11. The molecule has 0 aliphatic heterocycles. The van der Waals surface area contributed by atoms with Crippen molar-refractivity contribution < 1.29 is 4.79 Å². The number of nitrogens with one attached hydrogen (secondary N) is 2. The number of aryl methyl sites for hydroxylation is 1. The van der Waals surface area contributed by atoms with E-state index in [-0.39, 0.29) is 18.3 Å². The Morgan fingerprint density at radius 2 is 2.00 bits per heavy atom. The Morgan fingerprint density at radius 1 is 1.25 bits per heavy atom. The van der Waals surface area contributed by atoms with Crippen LogP contribution >= 0.6 is 23.7 Å². The zero-order chi connectivity index (χ0) is 13.7. The zero-order valence-corrected chi connectivity index (χ0v) is 13.2. The van der Waals surface area contributed by atoms with Crippen molar-refractivity contribution in [2.75, 3.05) is 11.9 Å². The van der Waals surface area contributed by atoms with E-state index in [1.54, 1.807) is 11.3 Å². The number of amides is 1. The fraction of sp³-hybridized carbons (Fsp3) is 0.267. The van der Waals surface area contributed by atoms with Gasteiger partial charge >= 0.3 is 0 Å². The van der Waals surface area contributed by atoms with Crippen molar-refractivity contribution in [1.82, 2.24) is 5.32 Å². The molecule has 1 heterocycles. The Balaban J connectivity index is 0.00000200. The standard InChI is InChI=1S/C15H18N2OS.ClH/c1-3-16-8-12-6-4-5-7-14(12)17-15(18)13-10-19-9-11(13)2;/h4-7,9-10,16H,3,8H2,1-2H3,(H,17,18);1H. The van der Waals surface area contributed by atoms with Gasteiger partial charge in [-0.1, -0.05) is 25.1 Å². The van der Waals surface area contributed by atoms with Gasteiger partial charge in [0.05, 0.1) is 5.56 Å². The maximum absolute atomic E-state index is 12.2. The Kier molecular flexibility index (Phi) is 6.71. The van der Waals surface area contributed by atoms with E-state index in [0.717, 1.165) is 35.5 Å². The van der Waals surface area contributed by atoms with Gasteiger partial charge in [-0.3, -0.25) is 4.79 Å². The highest BCUT2D eigenvalue weighted by Crippen LogP contribution is 2.19. The molecule has 1 aromatic heterocycles. The number of carbonyl (C=O) groups is 1. The van der Waals surface area contributed by atoms with Gasteiger partial charge in [0.1, 0.15) is 0 Å². The summed E-state index contributed by atoms with van der Waals surface area (Å²) < 4.78 is 0. The van der Waals surface area contributed by atoms with E-state index < -0.39 is 0 Å². The summed E-state index contributed by atoms with van der Waals surface area (Å²) in [4.78, 5) is 12.2. The zero-order valence-electron chi connectivity index (χ0n) is 11.6. The Hall–Kier alpha value is -1.36. The highest BCUT2D eigenvalue weighted by molar-refractivity contribution is 7.08. The second kappa shape index (κ2) is 8.04. The van der Waals surface area contributed by atoms with Crippen LogP contribution < -0.4 is 10.6 Å². The van der Waals surface area contributed by atoms with Gasteiger partial charge < -0.3 is 10.6 Å². The van der Waals surface area contributed by atoms with Gasteiger partial charge in [-0.2, -0.15) is 11.3 Å². The molecule has 5 heteroatoms. The second-order valence-corrected chi connectivity index (χ2v) is 5.10. The first-order valence-electron chi connectivity index (χ1n) is 6.35. The minimum Gasteiger partial charge on any atom is -0.322 e. The molecule has 2 N–H and O–H groups in total. The van der Waals surface area contributed by atoms with Crippen molar-refractivity contribution in [1.29, 1.82) is 0 Å². The SMILES string of the molecule is CCNCc1ccccc1NC(=O)c1cscc1C.Cl. The predicted molar refractivity (Wildman–Crippen MR) is 88.1 cm³/mol. The normalized spacial score (nSPS) is 9.90. The van der Waals surface area contributed by atoms with Crippen molar-refractivity contribution in [3.63, 3.8) is 0 Å². The van der Waals surface area contributed by atoms with Gasteiger partial charge in [-0.05, 0) is 36.0 Å². The summed E-state index contributed by atoms with van der Waals surface area (Å²) >= 11 is 1.55. The Morgan fingerprint density at radius 3 is 2.65 bits per heavy atom. The fourth-order valence-corrected chi connectivity index (χ4v) is 2.67. The molecule has 0 aliphatic carbocycles. The van der Waals surface area contributed by atoms with Gasteiger partial charge in [0.2, 0.25) is 0 Å². The number of hydrogen-bond acceptors (Lipinski definition) is 3. The minimum absolute atomic E-state index is 0. The van der Waals surface area contributed by atoms with Crippen LogP contribution in [0.3, 0.4) is 0 Å². The van der Waals surface area contributed by atoms with Crippen molar-refractivity contribution in [2.24, 2.45) is 0 Å². The third-order valence-electron chi connectivity index (χ3n) is 2.93. The van der Waals surface area contributed by atoms with Crippen LogP contribution in [0.1, 0.15) is 28.4 Å². The number of benzene rings is 1. The summed E-state index contributed by atoms with van der Waals surface area (Å²) in [5.74, 6) is -0.0392. The molecule has 0 fully saturated rings. The third-order valence-corrected chi connectivity index (χ3v) is 3.79. The van der Waals surface area contributed by atoms with Crippen LogP contribution in [0, 0.1) is 6.92 Å². The quantitative estimate of drug-likeness (QED) is 0.881. The highest BCUT2D eigenvalue weighted by atomic mass is 35.5. The lowest BCUT2D eigenvalue weighted by atomic mass is 10.1. The predicted octanol–water partition coefficient (Wildman–Crippen LogP) is 3.84. The molecule has 20 heavy (non-hydrogen) atoms. The van der Waals surface area contributed by atoms with E-state index in [0.29, 0.717) is 0 Å². The molecule has 0 spiro atoms. The van der Waals surface area contributed by atoms with E-state index in [1.807, 2.05) is 41.9 Å². The van der Waals surface area contributed by atoms with Crippen LogP contribution in [0.5, 0.6) is 0 Å². The third kappa shape index (κ3) is 4.07. The molecule has 2 rings (SSSR count). The van der Waals surface area contributed by atoms with Crippen molar-refractivity contribution in [2.45, 2.75) is 20.4 Å². The summed E-state index contributed by atoms with van der Waals surface area (Å²) in [5.41, 5.74) is 3.75. The maximum Gasteiger partial charge on any atom is 0.256 e. The summed E-state index contributed by atoms with van der Waals surface area (Å²) in [6, 6.07) is 7.88. The number of rotatable bonds is 5. The maximum atomic E-state index is 12.2. The summed E-state index contributed by atoms with van der Waals surface area (Å²) in [5, 5.41) is 10.1. The van der Waals surface area contributed by atoms with E-state index in [9.17, 15) is 4.79 Å². The van der Waals surface area contributed by atoms with Crippen molar-refractivity contribution >= 4 is 35.3 Å². The van der Waals surface area contributed by atoms with Crippen molar-refractivity contribution in [3.05, 3.63) is 51.7 Å². The highest BCUT2D eigenvalue weighted by Gasteiger charge is 2.11. The van der Waals surface area contributed by atoms with Crippen molar-refractivity contribution in [3.8, 4) is 0 Å². The van der Waals surface area contributed by atoms with E-state index in [2.05, 4.69) is 17.6 Å². The molecule has 2 aromatic rings. The van der Waals surface area contributed by atoms with Crippen LogP contribution in [0.15, 0.2) is 35.0 Å². The van der Waals surface area contributed by atoms with Crippen LogP contribution in [0.4, 0.5) is 5.69 Å². The molecular formula is C15H19ClN2OS. The molecule has 0 saturated carbocycles. The van der Waals surface area contributed by atoms with E-state index >= 15 is 0 Å². The van der Waals surface area contributed by atoms with E-state index in [1.165, 1.54) is 0 Å². The molecule has 0 bridgehead atoms. The molecule has 3 nitrogen and oxygen atoms in total. The summed E-state index contributed by atoms with van der Waals surface area (Å²) in [6.07, 6.45) is 0. The second-order valence-electron chi connectivity index (χ2n) is 4.36. The van der Waals surface area contributed by atoms with E-state index in [4.69, 9.17) is 0 Å². The largest absolute Gasteiger partial charge is 0.322 e. The lowest BCUT2D eigenvalue weighted by molar-refractivity contribution is 0.102. The summed E-state index contributed by atoms with van der Waals surface area (Å²) in [6.45, 7) is 5.69. The molecule has 0 radical (unpaired) electrons. The number of thiophene rings is 1. The molecule has 1 amide bonds. The summed E-state index contributed by atoms with van der Waals surface area (Å²) in [7, 11) is 0. The Labute approximate surface area is 129 Å². The first-order chi connectivity index (χ1) is 9.22.